The molecular formula is C9H10O2. The molecule has 0 saturated heterocycles. The van der Waals surface area contributed by atoms with E-state index in [9.17, 15) is 0 Å². The van der Waals surface area contributed by atoms with Crippen LogP contribution < -0.4 is 4.74 Å². The molecule has 0 saturated carbocycles. The Hall–Kier alpha value is -1.28. The van der Waals surface area contributed by atoms with E-state index in [0.717, 1.165) is 12.2 Å². The zero-order valence-electron chi connectivity index (χ0n) is 6.08. The van der Waals surface area contributed by atoms with Crippen molar-refractivity contribution in [3.8, 4) is 5.75 Å². The van der Waals surface area contributed by atoms with Crippen LogP contribution >= 0.6 is 0 Å². The fourth-order valence-electron chi connectivity index (χ4n) is 1.08. The molecule has 2 N–H and O–H groups in total. The molecule has 11 heavy (non-hydrogen) atoms. The third-order valence-electron chi connectivity index (χ3n) is 1.60. The van der Waals surface area contributed by atoms with Gasteiger partial charge in [-0.3, -0.25) is 0 Å². The van der Waals surface area contributed by atoms with E-state index in [4.69, 9.17) is 4.74 Å². The number of para-hydroxylation sites is 1. The van der Waals surface area contributed by atoms with Crippen LogP contribution in [0.15, 0.2) is 36.6 Å². The van der Waals surface area contributed by atoms with Gasteiger partial charge in [0.05, 0.1) is 6.26 Å². The highest BCUT2D eigenvalue weighted by molar-refractivity contribution is 5.36. The molecule has 1 heterocycles. The molecule has 2 rings (SSSR count). The Bertz CT molecular complexity index is 239. The van der Waals surface area contributed by atoms with Gasteiger partial charge in [-0.15, -0.1) is 0 Å². The van der Waals surface area contributed by atoms with Crippen molar-refractivity contribution in [3.63, 3.8) is 0 Å². The van der Waals surface area contributed by atoms with Crippen molar-refractivity contribution in [3.05, 3.63) is 42.2 Å². The van der Waals surface area contributed by atoms with Gasteiger partial charge in [0.1, 0.15) is 5.75 Å². The van der Waals surface area contributed by atoms with Crippen molar-refractivity contribution in [2.24, 2.45) is 0 Å². The lowest BCUT2D eigenvalue weighted by atomic mass is 10.1. The zero-order chi connectivity index (χ0) is 6.81. The topological polar surface area (TPSA) is 40.7 Å². The van der Waals surface area contributed by atoms with E-state index in [1.165, 1.54) is 5.56 Å². The zero-order valence-corrected chi connectivity index (χ0v) is 6.08. The molecule has 1 aromatic rings. The molecule has 0 bridgehead atoms. The summed E-state index contributed by atoms with van der Waals surface area (Å²) in [5.41, 5.74) is 1.27. The lowest BCUT2D eigenvalue weighted by Crippen LogP contribution is -1.94. The van der Waals surface area contributed by atoms with Crippen LogP contribution in [0.2, 0.25) is 0 Å². The number of ether oxygens (including phenoxy) is 1. The maximum Gasteiger partial charge on any atom is 0.130 e. The summed E-state index contributed by atoms with van der Waals surface area (Å²) in [6, 6.07) is 8.08. The first-order chi connectivity index (χ1) is 4.97. The smallest absolute Gasteiger partial charge is 0.130 e. The molecule has 0 atom stereocenters. The lowest BCUT2D eigenvalue weighted by molar-refractivity contribution is 0.464. The quantitative estimate of drug-likeness (QED) is 0.549. The summed E-state index contributed by atoms with van der Waals surface area (Å²) in [6.45, 7) is 0. The molecule has 1 aromatic carbocycles. The average Bonchev–Trinajstić information content (AvgIpc) is 2.05. The minimum Gasteiger partial charge on any atom is -0.465 e. The highest BCUT2D eigenvalue weighted by Gasteiger charge is 2.02. The Kier molecular flexibility index (Phi) is 2.28. The van der Waals surface area contributed by atoms with Gasteiger partial charge in [-0.25, -0.2) is 0 Å². The molecule has 0 aliphatic carbocycles. The van der Waals surface area contributed by atoms with E-state index in [1.807, 2.05) is 24.3 Å². The largest absolute Gasteiger partial charge is 0.465 e. The molecule has 1 aliphatic rings. The van der Waals surface area contributed by atoms with E-state index in [2.05, 4.69) is 6.07 Å². The first-order valence-electron chi connectivity index (χ1n) is 3.36. The second kappa shape index (κ2) is 3.21. The molecule has 0 fully saturated rings. The summed E-state index contributed by atoms with van der Waals surface area (Å²) in [5.74, 6) is 0.991. The second-order valence-electron chi connectivity index (χ2n) is 2.30. The van der Waals surface area contributed by atoms with Crippen molar-refractivity contribution in [1.82, 2.24) is 0 Å². The van der Waals surface area contributed by atoms with Gasteiger partial charge in [-0.05, 0) is 24.1 Å². The molecule has 0 unspecified atom stereocenters. The minimum atomic E-state index is 0. The van der Waals surface area contributed by atoms with E-state index in [-0.39, 0.29) is 5.48 Å². The number of rotatable bonds is 0. The Morgan fingerprint density at radius 3 is 2.82 bits per heavy atom. The maximum atomic E-state index is 5.24. The highest BCUT2D eigenvalue weighted by Crippen LogP contribution is 2.21. The standard InChI is InChI=1S/C9H8O.H2O/c1-2-6-9-8(4-1)5-3-7-10-9;/h1-4,6-7H,5H2;1H2. The third-order valence-corrected chi connectivity index (χ3v) is 1.60. The van der Waals surface area contributed by atoms with Crippen LogP contribution in [0.25, 0.3) is 0 Å². The van der Waals surface area contributed by atoms with Crippen LogP contribution in [0.5, 0.6) is 5.75 Å². The molecule has 0 amide bonds. The van der Waals surface area contributed by atoms with Crippen molar-refractivity contribution < 1.29 is 10.2 Å². The Morgan fingerprint density at radius 2 is 2.00 bits per heavy atom. The normalized spacial score (nSPS) is 12.7. The van der Waals surface area contributed by atoms with Crippen LogP contribution in [0.4, 0.5) is 0 Å². The van der Waals surface area contributed by atoms with Gasteiger partial charge in [0, 0.05) is 0 Å². The lowest BCUT2D eigenvalue weighted by Gasteiger charge is -2.09. The molecule has 0 aromatic heterocycles. The molecule has 2 nitrogen and oxygen atoms in total. The number of hydrogen-bond acceptors (Lipinski definition) is 1. The third kappa shape index (κ3) is 1.41. The second-order valence-corrected chi connectivity index (χ2v) is 2.30. The Balaban J connectivity index is 0.000000605. The van der Waals surface area contributed by atoms with Crippen molar-refractivity contribution in [1.29, 1.82) is 0 Å². The minimum absolute atomic E-state index is 0. The Morgan fingerprint density at radius 1 is 1.18 bits per heavy atom. The number of benzene rings is 1. The molecular weight excluding hydrogens is 140 g/mol. The molecule has 0 radical (unpaired) electrons. The van der Waals surface area contributed by atoms with E-state index in [1.54, 1.807) is 6.26 Å². The summed E-state index contributed by atoms with van der Waals surface area (Å²) < 4.78 is 5.24. The fourth-order valence-corrected chi connectivity index (χ4v) is 1.08. The van der Waals surface area contributed by atoms with Gasteiger partial charge in [-0.1, -0.05) is 18.2 Å². The summed E-state index contributed by atoms with van der Waals surface area (Å²) >= 11 is 0. The summed E-state index contributed by atoms with van der Waals surface area (Å²) in [5, 5.41) is 0. The molecule has 2 heteroatoms. The van der Waals surface area contributed by atoms with Crippen molar-refractivity contribution in [2.45, 2.75) is 6.42 Å². The highest BCUT2D eigenvalue weighted by atomic mass is 16.5. The average molecular weight is 150 g/mol. The van der Waals surface area contributed by atoms with E-state index in [0.29, 0.717) is 0 Å². The van der Waals surface area contributed by atoms with Crippen LogP contribution in [0.1, 0.15) is 5.56 Å². The number of allylic oxidation sites excluding steroid dienone is 1. The maximum absolute atomic E-state index is 5.24. The predicted molar refractivity (Wildman–Crippen MR) is 43.5 cm³/mol. The predicted octanol–water partition coefficient (Wildman–Crippen LogP) is 1.31. The first-order valence-corrected chi connectivity index (χ1v) is 3.36. The van der Waals surface area contributed by atoms with Gasteiger partial charge in [-0.2, -0.15) is 0 Å². The first kappa shape index (κ1) is 7.82. The molecule has 58 valence electrons. The van der Waals surface area contributed by atoms with E-state index >= 15 is 0 Å². The fraction of sp³-hybridized carbons (Fsp3) is 0.111. The molecule has 1 aliphatic heterocycles. The van der Waals surface area contributed by atoms with Crippen LogP contribution in [0.3, 0.4) is 0 Å². The van der Waals surface area contributed by atoms with Crippen molar-refractivity contribution in [2.75, 3.05) is 0 Å². The molecule has 0 spiro atoms. The summed E-state index contributed by atoms with van der Waals surface area (Å²) in [4.78, 5) is 0. The summed E-state index contributed by atoms with van der Waals surface area (Å²) in [7, 11) is 0. The van der Waals surface area contributed by atoms with Gasteiger partial charge in [0.15, 0.2) is 0 Å². The van der Waals surface area contributed by atoms with E-state index < -0.39 is 0 Å². The Labute approximate surface area is 65.4 Å². The monoisotopic (exact) mass is 150 g/mol. The van der Waals surface area contributed by atoms with Crippen LogP contribution in [0, 0.1) is 0 Å². The van der Waals surface area contributed by atoms with Crippen molar-refractivity contribution >= 4 is 0 Å². The van der Waals surface area contributed by atoms with Gasteiger partial charge >= 0.3 is 0 Å². The van der Waals surface area contributed by atoms with Gasteiger partial charge in [0.25, 0.3) is 0 Å². The number of hydrogen-bond donors (Lipinski definition) is 0. The van der Waals surface area contributed by atoms with Crippen LogP contribution in [-0.4, -0.2) is 5.48 Å². The van der Waals surface area contributed by atoms with Gasteiger partial charge < -0.3 is 10.2 Å². The summed E-state index contributed by atoms with van der Waals surface area (Å²) in [6.07, 6.45) is 4.75. The SMILES string of the molecule is C1=COc2ccccc2C1.O. The van der Waals surface area contributed by atoms with Crippen LogP contribution in [-0.2, 0) is 6.42 Å². The van der Waals surface area contributed by atoms with Gasteiger partial charge in [0.2, 0.25) is 0 Å². The number of fused-ring (bicyclic) bond motifs is 1.